The molecular formula is C15H23N3O. The van der Waals surface area contributed by atoms with Gasteiger partial charge in [0.2, 0.25) is 0 Å². The van der Waals surface area contributed by atoms with Gasteiger partial charge in [-0.25, -0.2) is 0 Å². The van der Waals surface area contributed by atoms with Crippen LogP contribution in [0.1, 0.15) is 38.1 Å². The molecule has 0 atom stereocenters. The highest BCUT2D eigenvalue weighted by atomic mass is 16.5. The van der Waals surface area contributed by atoms with Crippen LogP contribution in [-0.2, 0) is 6.54 Å². The molecule has 0 bridgehead atoms. The molecule has 0 unspecified atom stereocenters. The van der Waals surface area contributed by atoms with Crippen LogP contribution in [0.15, 0.2) is 12.1 Å². The van der Waals surface area contributed by atoms with Crippen molar-refractivity contribution in [1.82, 2.24) is 10.3 Å². The summed E-state index contributed by atoms with van der Waals surface area (Å²) in [6.07, 6.45) is 1.28. The number of nitrogens with one attached hydrogen (secondary N) is 1. The molecule has 0 saturated carbocycles. The van der Waals surface area contributed by atoms with Gasteiger partial charge >= 0.3 is 0 Å². The fraction of sp³-hybridized carbons (Fsp3) is 0.600. The van der Waals surface area contributed by atoms with E-state index in [2.05, 4.69) is 30.2 Å². The minimum atomic E-state index is 0.528. The van der Waals surface area contributed by atoms with Crippen molar-refractivity contribution in [2.24, 2.45) is 5.92 Å². The molecule has 1 heterocycles. The third-order valence-corrected chi connectivity index (χ3v) is 2.61. The zero-order chi connectivity index (χ0) is 14.1. The lowest BCUT2D eigenvalue weighted by molar-refractivity contribution is 0.306. The summed E-state index contributed by atoms with van der Waals surface area (Å²) in [5, 5.41) is 11.9. The van der Waals surface area contributed by atoms with Crippen molar-refractivity contribution in [3.8, 4) is 11.8 Å². The van der Waals surface area contributed by atoms with Crippen LogP contribution < -0.4 is 10.1 Å². The summed E-state index contributed by atoms with van der Waals surface area (Å²) in [6, 6.07) is 6.03. The van der Waals surface area contributed by atoms with Gasteiger partial charge in [-0.05, 0) is 37.9 Å². The minimum Gasteiger partial charge on any atom is -0.492 e. The second-order valence-corrected chi connectivity index (χ2v) is 5.03. The number of hydrogen-bond acceptors (Lipinski definition) is 4. The number of ether oxygens (including phenoxy) is 1. The van der Waals surface area contributed by atoms with Crippen LogP contribution in [-0.4, -0.2) is 18.1 Å². The normalized spacial score (nSPS) is 10.5. The van der Waals surface area contributed by atoms with Crippen molar-refractivity contribution >= 4 is 0 Å². The first kappa shape index (κ1) is 15.5. The predicted molar refractivity (Wildman–Crippen MR) is 75.9 cm³/mol. The second-order valence-electron chi connectivity index (χ2n) is 5.03. The first-order chi connectivity index (χ1) is 9.13. The Balaban J connectivity index is 2.56. The molecule has 19 heavy (non-hydrogen) atoms. The molecule has 0 aliphatic heterocycles. The number of nitrogens with zero attached hydrogens (tertiary/aromatic N) is 2. The summed E-state index contributed by atoms with van der Waals surface area (Å²) in [7, 11) is 0. The number of nitriles is 1. The Bertz CT molecular complexity index is 424. The molecule has 4 heteroatoms. The molecular weight excluding hydrogens is 238 g/mol. The SMILES string of the molecule is Cc1ccc(OCCCC#N)c(CNCC(C)C)n1. The zero-order valence-corrected chi connectivity index (χ0v) is 12.1. The molecule has 0 spiro atoms. The van der Waals surface area contributed by atoms with Crippen LogP contribution >= 0.6 is 0 Å². The lowest BCUT2D eigenvalue weighted by Gasteiger charge is -2.12. The van der Waals surface area contributed by atoms with E-state index in [9.17, 15) is 0 Å². The predicted octanol–water partition coefficient (Wildman–Crippen LogP) is 2.82. The number of aryl methyl sites for hydroxylation is 1. The molecule has 0 radical (unpaired) electrons. The molecule has 104 valence electrons. The number of rotatable bonds is 8. The Morgan fingerprint density at radius 2 is 2.21 bits per heavy atom. The largest absolute Gasteiger partial charge is 0.492 e. The van der Waals surface area contributed by atoms with Crippen LogP contribution in [0.25, 0.3) is 0 Å². The van der Waals surface area contributed by atoms with Gasteiger partial charge in [-0.15, -0.1) is 0 Å². The molecule has 0 amide bonds. The van der Waals surface area contributed by atoms with Crippen molar-refractivity contribution in [3.05, 3.63) is 23.5 Å². The molecule has 0 aromatic carbocycles. The van der Waals surface area contributed by atoms with E-state index in [4.69, 9.17) is 10.00 Å². The number of hydrogen-bond donors (Lipinski definition) is 1. The van der Waals surface area contributed by atoms with Crippen molar-refractivity contribution in [2.45, 2.75) is 40.2 Å². The lowest BCUT2D eigenvalue weighted by atomic mass is 10.2. The smallest absolute Gasteiger partial charge is 0.142 e. The van der Waals surface area contributed by atoms with Gasteiger partial charge in [-0.2, -0.15) is 5.26 Å². The monoisotopic (exact) mass is 261 g/mol. The maximum atomic E-state index is 8.49. The zero-order valence-electron chi connectivity index (χ0n) is 12.1. The van der Waals surface area contributed by atoms with Gasteiger partial charge in [0.05, 0.1) is 18.4 Å². The van der Waals surface area contributed by atoms with Crippen molar-refractivity contribution in [3.63, 3.8) is 0 Å². The third-order valence-electron chi connectivity index (χ3n) is 2.61. The summed E-state index contributed by atoms with van der Waals surface area (Å²) in [5.41, 5.74) is 1.93. The van der Waals surface area contributed by atoms with E-state index >= 15 is 0 Å². The molecule has 0 saturated heterocycles. The standard InChI is InChI=1S/C15H23N3O/c1-12(2)10-17-11-14-15(7-6-13(3)18-14)19-9-5-4-8-16/h6-7,12,17H,4-5,9-11H2,1-3H3. The van der Waals surface area contributed by atoms with Crippen LogP contribution in [0, 0.1) is 24.2 Å². The molecule has 0 fully saturated rings. The van der Waals surface area contributed by atoms with E-state index < -0.39 is 0 Å². The topological polar surface area (TPSA) is 57.9 Å². The van der Waals surface area contributed by atoms with E-state index in [0.29, 0.717) is 25.5 Å². The quantitative estimate of drug-likeness (QED) is 0.731. The number of unbranched alkanes of at least 4 members (excludes halogenated alkanes) is 1. The van der Waals surface area contributed by atoms with Crippen molar-refractivity contribution in [2.75, 3.05) is 13.2 Å². The summed E-state index contributed by atoms with van der Waals surface area (Å²) in [6.45, 7) is 8.57. The average molecular weight is 261 g/mol. The highest BCUT2D eigenvalue weighted by molar-refractivity contribution is 5.29. The van der Waals surface area contributed by atoms with Gasteiger partial charge in [0.15, 0.2) is 0 Å². The van der Waals surface area contributed by atoms with E-state index in [-0.39, 0.29) is 0 Å². The third kappa shape index (κ3) is 6.21. The fourth-order valence-electron chi connectivity index (χ4n) is 1.67. The van der Waals surface area contributed by atoms with Gasteiger partial charge in [0, 0.05) is 18.7 Å². The number of pyridine rings is 1. The Hall–Kier alpha value is -1.60. The maximum Gasteiger partial charge on any atom is 0.142 e. The van der Waals surface area contributed by atoms with Gasteiger partial charge in [0.25, 0.3) is 0 Å². The Kier molecular flexibility index (Phi) is 6.91. The molecule has 0 aliphatic carbocycles. The van der Waals surface area contributed by atoms with Crippen LogP contribution in [0.5, 0.6) is 5.75 Å². The van der Waals surface area contributed by atoms with Gasteiger partial charge in [-0.1, -0.05) is 13.8 Å². The second kappa shape index (κ2) is 8.49. The summed E-state index contributed by atoms with van der Waals surface area (Å²) < 4.78 is 5.70. The maximum absolute atomic E-state index is 8.49. The van der Waals surface area contributed by atoms with Gasteiger partial charge in [0.1, 0.15) is 5.75 Å². The first-order valence-corrected chi connectivity index (χ1v) is 6.80. The Morgan fingerprint density at radius 1 is 1.42 bits per heavy atom. The minimum absolute atomic E-state index is 0.528. The summed E-state index contributed by atoms with van der Waals surface area (Å²) in [5.74, 6) is 1.43. The van der Waals surface area contributed by atoms with Crippen molar-refractivity contribution in [1.29, 1.82) is 5.26 Å². The number of aromatic nitrogens is 1. The van der Waals surface area contributed by atoms with Crippen LogP contribution in [0.4, 0.5) is 0 Å². The van der Waals surface area contributed by atoms with E-state index in [1.165, 1.54) is 0 Å². The van der Waals surface area contributed by atoms with E-state index in [1.807, 2.05) is 19.1 Å². The van der Waals surface area contributed by atoms with E-state index in [0.717, 1.165) is 30.1 Å². The Morgan fingerprint density at radius 3 is 2.89 bits per heavy atom. The summed E-state index contributed by atoms with van der Waals surface area (Å²) >= 11 is 0. The lowest BCUT2D eigenvalue weighted by Crippen LogP contribution is -2.20. The summed E-state index contributed by atoms with van der Waals surface area (Å²) in [4.78, 5) is 4.52. The molecule has 1 rings (SSSR count). The van der Waals surface area contributed by atoms with E-state index in [1.54, 1.807) is 0 Å². The average Bonchev–Trinajstić information content (AvgIpc) is 2.36. The van der Waals surface area contributed by atoms with Crippen molar-refractivity contribution < 1.29 is 4.74 Å². The Labute approximate surface area is 115 Å². The fourth-order valence-corrected chi connectivity index (χ4v) is 1.67. The molecule has 4 nitrogen and oxygen atoms in total. The highest BCUT2D eigenvalue weighted by Crippen LogP contribution is 2.17. The first-order valence-electron chi connectivity index (χ1n) is 6.80. The molecule has 1 N–H and O–H groups in total. The highest BCUT2D eigenvalue weighted by Gasteiger charge is 2.06. The van der Waals surface area contributed by atoms with Crippen LogP contribution in [0.2, 0.25) is 0 Å². The van der Waals surface area contributed by atoms with Gasteiger partial charge in [-0.3, -0.25) is 4.98 Å². The van der Waals surface area contributed by atoms with Crippen LogP contribution in [0.3, 0.4) is 0 Å². The molecule has 1 aromatic rings. The molecule has 1 aromatic heterocycles. The van der Waals surface area contributed by atoms with Gasteiger partial charge < -0.3 is 10.1 Å². The molecule has 0 aliphatic rings.